The molecule has 0 amide bonds. The minimum atomic E-state index is 0.167. The fourth-order valence-electron chi connectivity index (χ4n) is 4.25. The molecule has 3 saturated heterocycles. The first-order chi connectivity index (χ1) is 9.83. The van der Waals surface area contributed by atoms with Gasteiger partial charge in [-0.1, -0.05) is 12.8 Å². The van der Waals surface area contributed by atoms with Gasteiger partial charge in [-0.2, -0.15) is 11.8 Å². The Hall–Kier alpha value is 0.230. The lowest BCUT2D eigenvalue weighted by molar-refractivity contribution is -0.116. The molecule has 1 spiro atoms. The van der Waals surface area contributed by atoms with Crippen molar-refractivity contribution >= 4 is 11.8 Å². The Labute approximate surface area is 127 Å². The Kier molecular flexibility index (Phi) is 5.29. The number of thioether (sulfide) groups is 1. The fourth-order valence-corrected chi connectivity index (χ4v) is 5.49. The van der Waals surface area contributed by atoms with Gasteiger partial charge in [0.15, 0.2) is 0 Å². The van der Waals surface area contributed by atoms with E-state index in [1.54, 1.807) is 0 Å². The Morgan fingerprint density at radius 3 is 2.80 bits per heavy atom. The van der Waals surface area contributed by atoms with Gasteiger partial charge in [0.1, 0.15) is 0 Å². The first-order valence-corrected chi connectivity index (χ1v) is 9.57. The van der Waals surface area contributed by atoms with E-state index in [1.165, 1.54) is 63.0 Å². The molecular weight excluding hydrogens is 270 g/mol. The summed E-state index contributed by atoms with van der Waals surface area (Å²) in [5, 5.41) is 9.74. The van der Waals surface area contributed by atoms with Gasteiger partial charge in [-0.3, -0.25) is 4.90 Å². The SMILES string of the molecule is OCC1CCCCCN1C1CCOC2(CCSCC2)C1. The van der Waals surface area contributed by atoms with Crippen molar-refractivity contribution < 1.29 is 9.84 Å². The van der Waals surface area contributed by atoms with Crippen molar-refractivity contribution in [2.24, 2.45) is 0 Å². The van der Waals surface area contributed by atoms with Crippen molar-refractivity contribution in [3.05, 3.63) is 0 Å². The second-order valence-corrected chi connectivity index (χ2v) is 7.94. The topological polar surface area (TPSA) is 32.7 Å². The highest BCUT2D eigenvalue weighted by Gasteiger charge is 2.41. The van der Waals surface area contributed by atoms with E-state index in [2.05, 4.69) is 16.7 Å². The standard InChI is InChI=1S/C16H29NO2S/c18-13-15-4-2-1-3-8-17(15)14-5-9-19-16(12-14)6-10-20-11-7-16/h14-15,18H,1-13H2. The van der Waals surface area contributed by atoms with Crippen LogP contribution in [0.25, 0.3) is 0 Å². The molecule has 4 heteroatoms. The Morgan fingerprint density at radius 2 is 2.00 bits per heavy atom. The number of hydrogen-bond acceptors (Lipinski definition) is 4. The van der Waals surface area contributed by atoms with Gasteiger partial charge in [-0.25, -0.2) is 0 Å². The van der Waals surface area contributed by atoms with Gasteiger partial charge in [0.05, 0.1) is 12.2 Å². The summed E-state index contributed by atoms with van der Waals surface area (Å²) in [6, 6.07) is 1.04. The van der Waals surface area contributed by atoms with E-state index in [1.807, 2.05) is 0 Å². The van der Waals surface area contributed by atoms with Gasteiger partial charge in [-0.05, 0) is 56.6 Å². The average molecular weight is 299 g/mol. The molecule has 0 aromatic carbocycles. The normalized spacial score (nSPS) is 35.9. The van der Waals surface area contributed by atoms with Crippen LogP contribution in [0, 0.1) is 0 Å². The molecule has 3 nitrogen and oxygen atoms in total. The van der Waals surface area contributed by atoms with Crippen molar-refractivity contribution in [2.45, 2.75) is 69.1 Å². The molecule has 3 heterocycles. The highest BCUT2D eigenvalue weighted by atomic mass is 32.2. The van der Waals surface area contributed by atoms with Gasteiger partial charge in [0, 0.05) is 18.7 Å². The van der Waals surface area contributed by atoms with Crippen molar-refractivity contribution in [3.8, 4) is 0 Å². The summed E-state index contributed by atoms with van der Waals surface area (Å²) in [4.78, 5) is 2.64. The van der Waals surface area contributed by atoms with E-state index in [-0.39, 0.29) is 5.60 Å². The van der Waals surface area contributed by atoms with Crippen LogP contribution in [0.4, 0.5) is 0 Å². The summed E-state index contributed by atoms with van der Waals surface area (Å²) >= 11 is 2.07. The number of ether oxygens (including phenoxy) is 1. The lowest BCUT2D eigenvalue weighted by atomic mass is 9.84. The number of hydrogen-bond donors (Lipinski definition) is 1. The molecule has 0 radical (unpaired) electrons. The van der Waals surface area contributed by atoms with E-state index >= 15 is 0 Å². The molecule has 2 atom stereocenters. The predicted octanol–water partition coefficient (Wildman–Crippen LogP) is 2.67. The molecule has 0 aromatic heterocycles. The molecule has 3 aliphatic rings. The molecule has 0 bridgehead atoms. The molecular formula is C16H29NO2S. The third kappa shape index (κ3) is 3.34. The number of aliphatic hydroxyl groups is 1. The minimum Gasteiger partial charge on any atom is -0.395 e. The van der Waals surface area contributed by atoms with Gasteiger partial charge in [0.25, 0.3) is 0 Å². The van der Waals surface area contributed by atoms with Crippen molar-refractivity contribution in [1.29, 1.82) is 0 Å². The fraction of sp³-hybridized carbons (Fsp3) is 1.00. The van der Waals surface area contributed by atoms with Crippen LogP contribution in [0.3, 0.4) is 0 Å². The van der Waals surface area contributed by atoms with E-state index in [4.69, 9.17) is 4.74 Å². The highest BCUT2D eigenvalue weighted by Crippen LogP contribution is 2.39. The summed E-state index contributed by atoms with van der Waals surface area (Å²) in [6.45, 7) is 2.44. The summed E-state index contributed by atoms with van der Waals surface area (Å²) in [6.07, 6.45) is 9.91. The first-order valence-electron chi connectivity index (χ1n) is 8.41. The van der Waals surface area contributed by atoms with Gasteiger partial charge >= 0.3 is 0 Å². The predicted molar refractivity (Wildman–Crippen MR) is 84.3 cm³/mol. The molecule has 20 heavy (non-hydrogen) atoms. The quantitative estimate of drug-likeness (QED) is 0.850. The third-order valence-corrected chi connectivity index (χ3v) is 6.46. The zero-order valence-electron chi connectivity index (χ0n) is 12.6. The Balaban J connectivity index is 1.68. The highest BCUT2D eigenvalue weighted by molar-refractivity contribution is 7.99. The second-order valence-electron chi connectivity index (χ2n) is 6.71. The first kappa shape index (κ1) is 15.1. The number of rotatable bonds is 2. The molecule has 3 fully saturated rings. The van der Waals surface area contributed by atoms with Crippen LogP contribution in [-0.2, 0) is 4.74 Å². The van der Waals surface area contributed by atoms with Crippen LogP contribution >= 0.6 is 11.8 Å². The van der Waals surface area contributed by atoms with Crippen LogP contribution in [0.1, 0.15) is 51.4 Å². The summed E-state index contributed by atoms with van der Waals surface area (Å²) in [5.41, 5.74) is 0.167. The second kappa shape index (κ2) is 6.99. The average Bonchev–Trinajstić information content (AvgIpc) is 2.73. The minimum absolute atomic E-state index is 0.167. The van der Waals surface area contributed by atoms with Crippen LogP contribution in [0.15, 0.2) is 0 Å². The monoisotopic (exact) mass is 299 g/mol. The number of aliphatic hydroxyl groups excluding tert-OH is 1. The lowest BCUT2D eigenvalue weighted by Gasteiger charge is -2.47. The number of likely N-dealkylation sites (tertiary alicyclic amines) is 1. The van der Waals surface area contributed by atoms with Crippen LogP contribution < -0.4 is 0 Å². The Morgan fingerprint density at radius 1 is 1.15 bits per heavy atom. The van der Waals surface area contributed by atoms with E-state index in [9.17, 15) is 5.11 Å². The summed E-state index contributed by atoms with van der Waals surface area (Å²) in [7, 11) is 0. The van der Waals surface area contributed by atoms with Gasteiger partial charge in [-0.15, -0.1) is 0 Å². The lowest BCUT2D eigenvalue weighted by Crippen LogP contribution is -2.53. The van der Waals surface area contributed by atoms with Crippen molar-refractivity contribution in [2.75, 3.05) is 31.3 Å². The molecule has 0 saturated carbocycles. The van der Waals surface area contributed by atoms with E-state index in [0.29, 0.717) is 18.7 Å². The zero-order valence-corrected chi connectivity index (χ0v) is 13.4. The molecule has 3 aliphatic heterocycles. The molecule has 116 valence electrons. The molecule has 1 N–H and O–H groups in total. The van der Waals surface area contributed by atoms with Gasteiger partial charge in [0.2, 0.25) is 0 Å². The molecule has 2 unspecified atom stereocenters. The summed E-state index contributed by atoms with van der Waals surface area (Å²) < 4.78 is 6.23. The van der Waals surface area contributed by atoms with Crippen LogP contribution in [0.5, 0.6) is 0 Å². The summed E-state index contributed by atoms with van der Waals surface area (Å²) in [5.74, 6) is 2.52. The molecule has 3 rings (SSSR count). The molecule has 0 aliphatic carbocycles. The third-order valence-electron chi connectivity index (χ3n) is 5.47. The Bertz CT molecular complexity index is 301. The largest absolute Gasteiger partial charge is 0.395 e. The van der Waals surface area contributed by atoms with Crippen molar-refractivity contribution in [3.63, 3.8) is 0 Å². The zero-order chi connectivity index (χ0) is 13.8. The van der Waals surface area contributed by atoms with E-state index in [0.717, 1.165) is 13.0 Å². The maximum Gasteiger partial charge on any atom is 0.0713 e. The van der Waals surface area contributed by atoms with Crippen molar-refractivity contribution in [1.82, 2.24) is 4.90 Å². The van der Waals surface area contributed by atoms with E-state index < -0.39 is 0 Å². The van der Waals surface area contributed by atoms with Gasteiger partial charge < -0.3 is 9.84 Å². The maximum atomic E-state index is 9.74. The smallest absolute Gasteiger partial charge is 0.0713 e. The number of nitrogens with zero attached hydrogens (tertiary/aromatic N) is 1. The maximum absolute atomic E-state index is 9.74. The van der Waals surface area contributed by atoms with Crippen LogP contribution in [0.2, 0.25) is 0 Å². The van der Waals surface area contributed by atoms with Crippen LogP contribution in [-0.4, -0.2) is 59.0 Å². The molecule has 0 aromatic rings.